The van der Waals surface area contributed by atoms with Crippen LogP contribution in [0.2, 0.25) is 0 Å². The van der Waals surface area contributed by atoms with Gasteiger partial charge in [-0.1, -0.05) is 0 Å². The van der Waals surface area contributed by atoms with Crippen LogP contribution in [0.3, 0.4) is 0 Å². The van der Waals surface area contributed by atoms with Gasteiger partial charge in [-0.05, 0) is 14.1 Å². The molecule has 1 aliphatic heterocycles. The van der Waals surface area contributed by atoms with Crippen molar-refractivity contribution < 1.29 is 9.90 Å². The predicted molar refractivity (Wildman–Crippen MR) is 41.6 cm³/mol. The summed E-state index contributed by atoms with van der Waals surface area (Å²) in [7, 11) is 3.80. The Hall–Kier alpha value is -0.610. The molecule has 0 bridgehead atoms. The molecule has 11 heavy (non-hydrogen) atoms. The lowest BCUT2D eigenvalue weighted by molar-refractivity contribution is -0.144. The number of piperazine rings is 1. The molecule has 0 aromatic carbocycles. The molecule has 1 N–H and O–H groups in total. The van der Waals surface area contributed by atoms with Crippen molar-refractivity contribution in [2.45, 2.75) is 6.04 Å². The van der Waals surface area contributed by atoms with Crippen molar-refractivity contribution in [1.82, 2.24) is 9.80 Å². The molecule has 1 fully saturated rings. The van der Waals surface area contributed by atoms with E-state index in [-0.39, 0.29) is 6.04 Å². The minimum atomic E-state index is -0.723. The van der Waals surface area contributed by atoms with Crippen LogP contribution in [0.25, 0.3) is 0 Å². The lowest BCUT2D eigenvalue weighted by Gasteiger charge is -2.34. The van der Waals surface area contributed by atoms with Gasteiger partial charge in [0, 0.05) is 19.6 Å². The second kappa shape index (κ2) is 3.19. The van der Waals surface area contributed by atoms with E-state index >= 15 is 0 Å². The summed E-state index contributed by atoms with van der Waals surface area (Å²) < 4.78 is 0. The maximum Gasteiger partial charge on any atom is 0.322 e. The fourth-order valence-electron chi connectivity index (χ4n) is 1.28. The van der Waals surface area contributed by atoms with E-state index in [1.807, 2.05) is 23.9 Å². The highest BCUT2D eigenvalue weighted by molar-refractivity contribution is 5.73. The number of rotatable bonds is 1. The Morgan fingerprint density at radius 1 is 1.45 bits per heavy atom. The van der Waals surface area contributed by atoms with Crippen LogP contribution in [0.4, 0.5) is 0 Å². The Morgan fingerprint density at radius 3 is 2.55 bits per heavy atom. The third-order valence-electron chi connectivity index (χ3n) is 2.14. The zero-order chi connectivity index (χ0) is 8.43. The van der Waals surface area contributed by atoms with Crippen LogP contribution in [0, 0.1) is 0 Å². The van der Waals surface area contributed by atoms with Gasteiger partial charge in [-0.3, -0.25) is 9.69 Å². The Morgan fingerprint density at radius 2 is 2.09 bits per heavy atom. The molecule has 4 heteroatoms. The molecule has 1 atom stereocenters. The lowest BCUT2D eigenvalue weighted by atomic mass is 10.2. The van der Waals surface area contributed by atoms with Crippen LogP contribution in [-0.4, -0.2) is 60.6 Å². The van der Waals surface area contributed by atoms with Gasteiger partial charge in [-0.2, -0.15) is 0 Å². The zero-order valence-electron chi connectivity index (χ0n) is 6.95. The van der Waals surface area contributed by atoms with Crippen molar-refractivity contribution in [3.05, 3.63) is 0 Å². The first-order valence-corrected chi connectivity index (χ1v) is 3.73. The number of carboxylic acid groups (broad SMARTS) is 1. The fourth-order valence-corrected chi connectivity index (χ4v) is 1.28. The molecule has 1 aliphatic rings. The van der Waals surface area contributed by atoms with Crippen molar-refractivity contribution in [1.29, 1.82) is 0 Å². The normalized spacial score (nSPS) is 28.7. The molecule has 1 heterocycles. The number of likely N-dealkylation sites (N-methyl/N-ethyl adjacent to an activating group) is 2. The van der Waals surface area contributed by atoms with Crippen LogP contribution in [0.5, 0.6) is 0 Å². The highest BCUT2D eigenvalue weighted by Crippen LogP contribution is 2.05. The standard InChI is InChI=1S/C7H14N2O2/c1-8-3-4-9(2)6(5-8)7(10)11/h6H,3-5H2,1-2H3,(H,10,11)/t6-/m1/s1. The molecule has 0 aromatic rings. The van der Waals surface area contributed by atoms with Gasteiger partial charge in [0.15, 0.2) is 0 Å². The summed E-state index contributed by atoms with van der Waals surface area (Å²) in [6.45, 7) is 2.43. The Kier molecular flexibility index (Phi) is 2.46. The van der Waals surface area contributed by atoms with Gasteiger partial charge >= 0.3 is 5.97 Å². The topological polar surface area (TPSA) is 43.8 Å². The smallest absolute Gasteiger partial charge is 0.322 e. The van der Waals surface area contributed by atoms with Gasteiger partial charge in [0.2, 0.25) is 0 Å². The summed E-state index contributed by atoms with van der Waals surface area (Å²) in [5.74, 6) is -0.723. The first-order valence-electron chi connectivity index (χ1n) is 3.73. The average Bonchev–Trinajstić information content (AvgIpc) is 1.94. The SMILES string of the molecule is CN1CCN(C)[C@@H](C(=O)O)C1. The van der Waals surface area contributed by atoms with E-state index in [9.17, 15) is 4.79 Å². The fraction of sp³-hybridized carbons (Fsp3) is 0.857. The maximum absolute atomic E-state index is 10.6. The number of nitrogens with zero attached hydrogens (tertiary/aromatic N) is 2. The third-order valence-corrected chi connectivity index (χ3v) is 2.14. The quantitative estimate of drug-likeness (QED) is 0.549. The number of carboxylic acids is 1. The first kappa shape index (κ1) is 8.49. The zero-order valence-corrected chi connectivity index (χ0v) is 6.95. The van der Waals surface area contributed by atoms with Crippen molar-refractivity contribution in [3.63, 3.8) is 0 Å². The summed E-state index contributed by atoms with van der Waals surface area (Å²) >= 11 is 0. The summed E-state index contributed by atoms with van der Waals surface area (Å²) in [4.78, 5) is 14.6. The molecular weight excluding hydrogens is 144 g/mol. The molecule has 64 valence electrons. The van der Waals surface area contributed by atoms with Gasteiger partial charge < -0.3 is 10.0 Å². The Balaban J connectivity index is 2.54. The molecule has 0 amide bonds. The highest BCUT2D eigenvalue weighted by Gasteiger charge is 2.27. The van der Waals surface area contributed by atoms with Gasteiger partial charge in [-0.25, -0.2) is 0 Å². The van der Waals surface area contributed by atoms with Crippen molar-refractivity contribution in [2.75, 3.05) is 33.7 Å². The molecule has 0 spiro atoms. The number of hydrogen-bond donors (Lipinski definition) is 1. The number of hydrogen-bond acceptors (Lipinski definition) is 3. The van der Waals surface area contributed by atoms with Crippen LogP contribution in [0.15, 0.2) is 0 Å². The number of carbonyl (C=O) groups is 1. The van der Waals surface area contributed by atoms with Gasteiger partial charge in [-0.15, -0.1) is 0 Å². The Labute approximate surface area is 66.4 Å². The molecule has 0 radical (unpaired) electrons. The van der Waals surface area contributed by atoms with E-state index in [1.165, 1.54) is 0 Å². The summed E-state index contributed by atoms with van der Waals surface area (Å²) in [6, 6.07) is -0.325. The van der Waals surface area contributed by atoms with Crippen LogP contribution >= 0.6 is 0 Å². The Bertz CT molecular complexity index is 161. The van der Waals surface area contributed by atoms with E-state index in [2.05, 4.69) is 0 Å². The van der Waals surface area contributed by atoms with Crippen LogP contribution < -0.4 is 0 Å². The monoisotopic (exact) mass is 158 g/mol. The third kappa shape index (κ3) is 1.91. The van der Waals surface area contributed by atoms with E-state index in [0.29, 0.717) is 6.54 Å². The number of aliphatic carboxylic acids is 1. The molecule has 0 aromatic heterocycles. The van der Waals surface area contributed by atoms with E-state index in [1.54, 1.807) is 0 Å². The molecule has 0 saturated carbocycles. The van der Waals surface area contributed by atoms with Gasteiger partial charge in [0.1, 0.15) is 6.04 Å². The minimum absolute atomic E-state index is 0.325. The summed E-state index contributed by atoms with van der Waals surface area (Å²) in [5, 5.41) is 8.76. The molecule has 4 nitrogen and oxygen atoms in total. The van der Waals surface area contributed by atoms with E-state index in [0.717, 1.165) is 13.1 Å². The highest BCUT2D eigenvalue weighted by atomic mass is 16.4. The first-order chi connectivity index (χ1) is 5.11. The van der Waals surface area contributed by atoms with E-state index < -0.39 is 5.97 Å². The van der Waals surface area contributed by atoms with E-state index in [4.69, 9.17) is 5.11 Å². The molecule has 0 unspecified atom stereocenters. The summed E-state index contributed by atoms with van der Waals surface area (Å²) in [6.07, 6.45) is 0. The van der Waals surface area contributed by atoms with Gasteiger partial charge in [0.25, 0.3) is 0 Å². The summed E-state index contributed by atoms with van der Waals surface area (Å²) in [5.41, 5.74) is 0. The maximum atomic E-state index is 10.6. The predicted octanol–water partition coefficient (Wildman–Crippen LogP) is -0.683. The van der Waals surface area contributed by atoms with Crippen LogP contribution in [-0.2, 0) is 4.79 Å². The van der Waals surface area contributed by atoms with Crippen molar-refractivity contribution in [3.8, 4) is 0 Å². The van der Waals surface area contributed by atoms with Crippen molar-refractivity contribution >= 4 is 5.97 Å². The second-order valence-electron chi connectivity index (χ2n) is 3.10. The largest absolute Gasteiger partial charge is 0.480 e. The van der Waals surface area contributed by atoms with Crippen LogP contribution in [0.1, 0.15) is 0 Å². The molecule has 1 rings (SSSR count). The molecule has 0 aliphatic carbocycles. The van der Waals surface area contributed by atoms with Gasteiger partial charge in [0.05, 0.1) is 0 Å². The minimum Gasteiger partial charge on any atom is -0.480 e. The second-order valence-corrected chi connectivity index (χ2v) is 3.10. The molecule has 1 saturated heterocycles. The molecular formula is C7H14N2O2. The average molecular weight is 158 g/mol. The van der Waals surface area contributed by atoms with Crippen molar-refractivity contribution in [2.24, 2.45) is 0 Å². The lowest BCUT2D eigenvalue weighted by Crippen LogP contribution is -2.53.